The van der Waals surface area contributed by atoms with E-state index in [1.54, 1.807) is 0 Å². The van der Waals surface area contributed by atoms with E-state index in [1.165, 1.54) is 17.8 Å². The first-order valence-corrected chi connectivity index (χ1v) is 7.16. The highest BCUT2D eigenvalue weighted by molar-refractivity contribution is 9.10. The molecule has 0 saturated carbocycles. The summed E-state index contributed by atoms with van der Waals surface area (Å²) in [5.74, 6) is -0.271. The highest BCUT2D eigenvalue weighted by Crippen LogP contribution is 2.39. The van der Waals surface area contributed by atoms with Crippen LogP contribution >= 0.6 is 27.7 Å². The molecule has 2 aromatic rings. The van der Waals surface area contributed by atoms with Crippen molar-refractivity contribution in [2.24, 2.45) is 0 Å². The topological polar surface area (TPSA) is 43.1 Å². The molecule has 0 aliphatic carbocycles. The van der Waals surface area contributed by atoms with Crippen LogP contribution in [-0.2, 0) is 5.75 Å². The third kappa shape index (κ3) is 3.33. The van der Waals surface area contributed by atoms with Crippen molar-refractivity contribution in [3.05, 3.63) is 68.4 Å². The van der Waals surface area contributed by atoms with Gasteiger partial charge in [-0.05, 0) is 33.6 Å². The van der Waals surface area contributed by atoms with Crippen LogP contribution in [0.3, 0.4) is 0 Å². The monoisotopic (exact) mass is 341 g/mol. The molecule has 3 nitrogen and oxygen atoms in total. The fraction of sp³-hybridized carbons (Fsp3) is 0.0769. The largest absolute Gasteiger partial charge is 0.319 e. The number of thioether (sulfide) groups is 1. The Balaban J connectivity index is 2.29. The van der Waals surface area contributed by atoms with Crippen LogP contribution in [0.15, 0.2) is 51.8 Å². The second-order valence-electron chi connectivity index (χ2n) is 3.74. The van der Waals surface area contributed by atoms with Gasteiger partial charge in [-0.15, -0.1) is 11.8 Å². The fourth-order valence-corrected chi connectivity index (χ4v) is 3.24. The predicted molar refractivity (Wildman–Crippen MR) is 76.8 cm³/mol. The number of hydrogen-bond donors (Lipinski definition) is 0. The summed E-state index contributed by atoms with van der Waals surface area (Å²) < 4.78 is 14.1. The van der Waals surface area contributed by atoms with Crippen molar-refractivity contribution < 1.29 is 9.31 Å². The Morgan fingerprint density at radius 3 is 2.53 bits per heavy atom. The maximum absolute atomic E-state index is 13.5. The van der Waals surface area contributed by atoms with Gasteiger partial charge in [-0.25, -0.2) is 0 Å². The SMILES string of the molecule is O=[N+]([O-])c1c(F)ccc(Br)c1SCc1ccccc1. The lowest BCUT2D eigenvalue weighted by Crippen LogP contribution is -1.96. The maximum atomic E-state index is 13.5. The van der Waals surface area contributed by atoms with Crippen LogP contribution in [0.1, 0.15) is 5.56 Å². The molecule has 0 aliphatic rings. The summed E-state index contributed by atoms with van der Waals surface area (Å²) in [5.41, 5.74) is 0.549. The lowest BCUT2D eigenvalue weighted by molar-refractivity contribution is -0.390. The second-order valence-corrected chi connectivity index (χ2v) is 5.58. The molecule has 0 spiro atoms. The van der Waals surface area contributed by atoms with E-state index in [0.717, 1.165) is 11.6 Å². The summed E-state index contributed by atoms with van der Waals surface area (Å²) in [6, 6.07) is 12.1. The first-order chi connectivity index (χ1) is 9.09. The molecule has 0 saturated heterocycles. The molecule has 0 heterocycles. The molecule has 0 fully saturated rings. The van der Waals surface area contributed by atoms with E-state index >= 15 is 0 Å². The smallest absolute Gasteiger partial charge is 0.258 e. The quantitative estimate of drug-likeness (QED) is 0.456. The van der Waals surface area contributed by atoms with Gasteiger partial charge >= 0.3 is 5.69 Å². The highest BCUT2D eigenvalue weighted by atomic mass is 79.9. The van der Waals surface area contributed by atoms with E-state index in [1.807, 2.05) is 30.3 Å². The molecule has 19 heavy (non-hydrogen) atoms. The van der Waals surface area contributed by atoms with E-state index in [9.17, 15) is 14.5 Å². The van der Waals surface area contributed by atoms with E-state index < -0.39 is 16.4 Å². The molecule has 0 aliphatic heterocycles. The molecule has 0 unspecified atom stereocenters. The lowest BCUT2D eigenvalue weighted by atomic mass is 10.2. The Kier molecular flexibility index (Phi) is 4.55. The summed E-state index contributed by atoms with van der Waals surface area (Å²) in [6.45, 7) is 0. The van der Waals surface area contributed by atoms with E-state index in [2.05, 4.69) is 15.9 Å². The highest BCUT2D eigenvalue weighted by Gasteiger charge is 2.23. The predicted octanol–water partition coefficient (Wildman–Crippen LogP) is 4.79. The van der Waals surface area contributed by atoms with Crippen molar-refractivity contribution in [3.8, 4) is 0 Å². The third-order valence-corrected chi connectivity index (χ3v) is 4.55. The minimum atomic E-state index is -0.816. The Hall–Kier alpha value is -1.40. The van der Waals surface area contributed by atoms with Gasteiger partial charge in [0.15, 0.2) is 0 Å². The molecule has 0 bridgehead atoms. The molecule has 6 heteroatoms. The maximum Gasteiger partial charge on any atom is 0.319 e. The van der Waals surface area contributed by atoms with Gasteiger partial charge in [0.25, 0.3) is 0 Å². The van der Waals surface area contributed by atoms with Gasteiger partial charge in [0, 0.05) is 10.2 Å². The number of rotatable bonds is 4. The number of nitro groups is 1. The normalized spacial score (nSPS) is 10.4. The zero-order valence-electron chi connectivity index (χ0n) is 9.68. The zero-order valence-corrected chi connectivity index (χ0v) is 12.1. The average Bonchev–Trinajstić information content (AvgIpc) is 2.40. The minimum Gasteiger partial charge on any atom is -0.258 e. The number of nitrogens with zero attached hydrogens (tertiary/aromatic N) is 1. The van der Waals surface area contributed by atoms with Crippen molar-refractivity contribution >= 4 is 33.4 Å². The van der Waals surface area contributed by atoms with Crippen molar-refractivity contribution in [3.63, 3.8) is 0 Å². The Morgan fingerprint density at radius 1 is 1.21 bits per heavy atom. The van der Waals surface area contributed by atoms with Crippen molar-refractivity contribution in [2.45, 2.75) is 10.6 Å². The average molecular weight is 342 g/mol. The molecule has 0 N–H and O–H groups in total. The summed E-state index contributed by atoms with van der Waals surface area (Å²) in [5, 5.41) is 10.9. The molecule has 0 atom stereocenters. The van der Waals surface area contributed by atoms with Crippen molar-refractivity contribution in [2.75, 3.05) is 0 Å². The summed E-state index contributed by atoms with van der Waals surface area (Å²) in [7, 11) is 0. The van der Waals surface area contributed by atoms with Crippen LogP contribution in [-0.4, -0.2) is 4.92 Å². The van der Waals surface area contributed by atoms with Crippen LogP contribution in [0, 0.1) is 15.9 Å². The summed E-state index contributed by atoms with van der Waals surface area (Å²) in [4.78, 5) is 10.6. The van der Waals surface area contributed by atoms with Gasteiger partial charge in [0.1, 0.15) is 4.90 Å². The van der Waals surface area contributed by atoms with Crippen LogP contribution in [0.5, 0.6) is 0 Å². The van der Waals surface area contributed by atoms with E-state index in [0.29, 0.717) is 15.1 Å². The molecular weight excluding hydrogens is 333 g/mol. The third-order valence-electron chi connectivity index (χ3n) is 2.44. The number of hydrogen-bond acceptors (Lipinski definition) is 3. The van der Waals surface area contributed by atoms with Crippen LogP contribution in [0.4, 0.5) is 10.1 Å². The Bertz CT molecular complexity index is 607. The minimum absolute atomic E-state index is 0.314. The van der Waals surface area contributed by atoms with Crippen LogP contribution in [0.25, 0.3) is 0 Å². The Labute approximate surface area is 122 Å². The van der Waals surface area contributed by atoms with Gasteiger partial charge in [-0.1, -0.05) is 30.3 Å². The lowest BCUT2D eigenvalue weighted by Gasteiger charge is -2.06. The zero-order chi connectivity index (χ0) is 13.8. The van der Waals surface area contributed by atoms with Gasteiger partial charge in [-0.2, -0.15) is 4.39 Å². The van der Waals surface area contributed by atoms with Gasteiger partial charge in [-0.3, -0.25) is 10.1 Å². The molecule has 0 radical (unpaired) electrons. The van der Waals surface area contributed by atoms with Gasteiger partial charge in [0.05, 0.1) is 4.92 Å². The molecule has 0 amide bonds. The first kappa shape index (κ1) is 14.0. The molecular formula is C13H9BrFNO2S. The second kappa shape index (κ2) is 6.16. The molecule has 0 aromatic heterocycles. The Morgan fingerprint density at radius 2 is 1.89 bits per heavy atom. The summed E-state index contributed by atoms with van der Waals surface area (Å²) >= 11 is 4.47. The first-order valence-electron chi connectivity index (χ1n) is 5.38. The van der Waals surface area contributed by atoms with Gasteiger partial charge in [0.2, 0.25) is 5.82 Å². The summed E-state index contributed by atoms with van der Waals surface area (Å²) in [6.07, 6.45) is 0. The van der Waals surface area contributed by atoms with Crippen molar-refractivity contribution in [1.29, 1.82) is 0 Å². The van der Waals surface area contributed by atoms with E-state index in [4.69, 9.17) is 0 Å². The van der Waals surface area contributed by atoms with Crippen molar-refractivity contribution in [1.82, 2.24) is 0 Å². The standard InChI is InChI=1S/C13H9BrFNO2S/c14-10-6-7-11(15)12(16(17)18)13(10)19-8-9-4-2-1-3-5-9/h1-7H,8H2. The van der Waals surface area contributed by atoms with Crippen LogP contribution in [0.2, 0.25) is 0 Å². The fourth-order valence-electron chi connectivity index (χ4n) is 1.56. The molecule has 98 valence electrons. The number of nitro benzene ring substituents is 1. The number of benzene rings is 2. The van der Waals surface area contributed by atoms with Gasteiger partial charge < -0.3 is 0 Å². The molecule has 2 aromatic carbocycles. The van der Waals surface area contributed by atoms with Crippen LogP contribution < -0.4 is 0 Å². The number of halogens is 2. The van der Waals surface area contributed by atoms with E-state index in [-0.39, 0.29) is 0 Å². The molecule has 2 rings (SSSR count).